The molecule has 0 aliphatic rings. The maximum absolute atomic E-state index is 13.3. The van der Waals surface area contributed by atoms with Crippen molar-refractivity contribution in [1.29, 1.82) is 0 Å². The number of esters is 1. The summed E-state index contributed by atoms with van der Waals surface area (Å²) in [6.07, 6.45) is 0.434. The average Bonchev–Trinajstić information content (AvgIpc) is 2.64. The van der Waals surface area contributed by atoms with E-state index >= 15 is 0 Å². The zero-order valence-electron chi connectivity index (χ0n) is 14.8. The molecule has 2 aromatic carbocycles. The Morgan fingerprint density at radius 3 is 2.19 bits per heavy atom. The third-order valence-electron chi connectivity index (χ3n) is 4.34. The zero-order valence-corrected chi connectivity index (χ0v) is 14.8. The molecule has 0 spiro atoms. The Labute approximate surface area is 152 Å². The standard InChI is InChI=1S/C21H23F3O2/c1-26-20(25)18-14-13-17(19(15-18)21(22,23)24)12-8-3-2-5-9-16-10-6-4-7-11-16/h4,6-7,10-11,13-15H,2-3,5,8-9,12H2,1H3. The highest BCUT2D eigenvalue weighted by Crippen LogP contribution is 2.33. The normalized spacial score (nSPS) is 11.4. The van der Waals surface area contributed by atoms with Crippen LogP contribution in [0.2, 0.25) is 0 Å². The molecule has 0 aromatic heterocycles. The minimum Gasteiger partial charge on any atom is -0.465 e. The number of alkyl halides is 3. The first-order valence-corrected chi connectivity index (χ1v) is 8.74. The molecule has 0 aliphatic heterocycles. The number of hydrogen-bond donors (Lipinski definition) is 0. The maximum atomic E-state index is 13.3. The monoisotopic (exact) mass is 364 g/mol. The van der Waals surface area contributed by atoms with Crippen molar-refractivity contribution in [3.05, 3.63) is 70.8 Å². The van der Waals surface area contributed by atoms with Crippen molar-refractivity contribution >= 4 is 5.97 Å². The van der Waals surface area contributed by atoms with Gasteiger partial charge in [0, 0.05) is 0 Å². The summed E-state index contributed by atoms with van der Waals surface area (Å²) in [5.41, 5.74) is 0.689. The quantitative estimate of drug-likeness (QED) is 0.435. The van der Waals surface area contributed by atoms with E-state index in [4.69, 9.17) is 0 Å². The molecule has 2 aromatic rings. The Morgan fingerprint density at radius 1 is 0.923 bits per heavy atom. The van der Waals surface area contributed by atoms with Crippen molar-refractivity contribution in [1.82, 2.24) is 0 Å². The van der Waals surface area contributed by atoms with Crippen molar-refractivity contribution in [3.63, 3.8) is 0 Å². The van der Waals surface area contributed by atoms with Crippen LogP contribution in [-0.4, -0.2) is 13.1 Å². The SMILES string of the molecule is COC(=O)c1ccc(CCCCCCc2ccccc2)c(C(F)(F)F)c1. The number of benzene rings is 2. The molecule has 0 heterocycles. The van der Waals surface area contributed by atoms with Crippen molar-refractivity contribution in [2.24, 2.45) is 0 Å². The van der Waals surface area contributed by atoms with Gasteiger partial charge in [-0.1, -0.05) is 49.2 Å². The molecule has 2 rings (SSSR count). The molecule has 0 amide bonds. The summed E-state index contributed by atoms with van der Waals surface area (Å²) in [4.78, 5) is 11.5. The molecule has 0 bridgehead atoms. The van der Waals surface area contributed by atoms with Crippen LogP contribution in [0.5, 0.6) is 0 Å². The van der Waals surface area contributed by atoms with Crippen LogP contribution in [0.3, 0.4) is 0 Å². The second-order valence-electron chi connectivity index (χ2n) is 6.26. The van der Waals surface area contributed by atoms with E-state index in [0.29, 0.717) is 12.8 Å². The van der Waals surface area contributed by atoms with E-state index in [1.807, 2.05) is 18.2 Å². The predicted molar refractivity (Wildman–Crippen MR) is 95.1 cm³/mol. The van der Waals surface area contributed by atoms with Crippen LogP contribution >= 0.6 is 0 Å². The zero-order chi connectivity index (χ0) is 19.0. The van der Waals surface area contributed by atoms with E-state index in [2.05, 4.69) is 16.9 Å². The van der Waals surface area contributed by atoms with Gasteiger partial charge in [-0.3, -0.25) is 0 Å². The van der Waals surface area contributed by atoms with Crippen LogP contribution in [0.1, 0.15) is 52.7 Å². The summed E-state index contributed by atoms with van der Waals surface area (Å²) in [6.45, 7) is 0. The molecule has 0 fully saturated rings. The van der Waals surface area contributed by atoms with Crippen LogP contribution in [-0.2, 0) is 23.8 Å². The lowest BCUT2D eigenvalue weighted by Crippen LogP contribution is -2.12. The highest BCUT2D eigenvalue weighted by atomic mass is 19.4. The number of methoxy groups -OCH3 is 1. The van der Waals surface area contributed by atoms with Gasteiger partial charge in [0.15, 0.2) is 0 Å². The van der Waals surface area contributed by atoms with Crippen molar-refractivity contribution < 1.29 is 22.7 Å². The van der Waals surface area contributed by atoms with Crippen LogP contribution in [0, 0.1) is 0 Å². The van der Waals surface area contributed by atoms with Crippen LogP contribution in [0.15, 0.2) is 48.5 Å². The van der Waals surface area contributed by atoms with Crippen molar-refractivity contribution in [2.45, 2.75) is 44.7 Å². The average molecular weight is 364 g/mol. The predicted octanol–water partition coefficient (Wildman–Crippen LogP) is 5.84. The van der Waals surface area contributed by atoms with Crippen molar-refractivity contribution in [3.8, 4) is 0 Å². The van der Waals surface area contributed by atoms with Crippen molar-refractivity contribution in [2.75, 3.05) is 7.11 Å². The number of ether oxygens (including phenoxy) is 1. The molecular weight excluding hydrogens is 341 g/mol. The first kappa shape index (κ1) is 20.0. The Balaban J connectivity index is 1.87. The lowest BCUT2D eigenvalue weighted by molar-refractivity contribution is -0.138. The van der Waals surface area contributed by atoms with Gasteiger partial charge in [0.2, 0.25) is 0 Å². The third-order valence-corrected chi connectivity index (χ3v) is 4.34. The Hall–Kier alpha value is -2.30. The minimum absolute atomic E-state index is 0.0774. The highest BCUT2D eigenvalue weighted by Gasteiger charge is 2.33. The second-order valence-corrected chi connectivity index (χ2v) is 6.26. The van der Waals surface area contributed by atoms with Gasteiger partial charge in [-0.25, -0.2) is 4.79 Å². The van der Waals surface area contributed by atoms with Gasteiger partial charge in [0.1, 0.15) is 0 Å². The molecule has 0 radical (unpaired) electrons. The molecule has 0 saturated heterocycles. The van der Waals surface area contributed by atoms with E-state index in [-0.39, 0.29) is 11.1 Å². The summed E-state index contributed by atoms with van der Waals surface area (Å²) in [5, 5.41) is 0. The minimum atomic E-state index is -4.48. The van der Waals surface area contributed by atoms with E-state index in [9.17, 15) is 18.0 Å². The molecular formula is C21H23F3O2. The fourth-order valence-electron chi connectivity index (χ4n) is 2.95. The summed E-state index contributed by atoms with van der Waals surface area (Å²) in [6, 6.07) is 13.8. The molecule has 0 N–H and O–H groups in total. The number of aryl methyl sites for hydroxylation is 2. The number of carbonyl (C=O) groups excluding carboxylic acids is 1. The summed E-state index contributed by atoms with van der Waals surface area (Å²) >= 11 is 0. The number of rotatable bonds is 8. The first-order valence-electron chi connectivity index (χ1n) is 8.74. The lowest BCUT2D eigenvalue weighted by Gasteiger charge is -2.14. The van der Waals surface area contributed by atoms with Crippen LogP contribution < -0.4 is 0 Å². The lowest BCUT2D eigenvalue weighted by atomic mass is 9.97. The number of carbonyl (C=O) groups is 1. The molecule has 5 heteroatoms. The van der Waals surface area contributed by atoms with Crippen LogP contribution in [0.4, 0.5) is 13.2 Å². The van der Waals surface area contributed by atoms with E-state index in [1.54, 1.807) is 0 Å². The smallest absolute Gasteiger partial charge is 0.416 e. The summed E-state index contributed by atoms with van der Waals surface area (Å²) in [7, 11) is 1.15. The van der Waals surface area contributed by atoms with Gasteiger partial charge in [-0.2, -0.15) is 13.2 Å². The van der Waals surface area contributed by atoms with Gasteiger partial charge in [0.05, 0.1) is 18.2 Å². The fourth-order valence-corrected chi connectivity index (χ4v) is 2.95. The van der Waals surface area contributed by atoms with Gasteiger partial charge < -0.3 is 4.74 Å². The topological polar surface area (TPSA) is 26.3 Å². The number of unbranched alkanes of at least 4 members (excludes halogenated alkanes) is 3. The highest BCUT2D eigenvalue weighted by molar-refractivity contribution is 5.89. The summed E-state index contributed by atoms with van der Waals surface area (Å²) < 4.78 is 44.3. The fraction of sp³-hybridized carbons (Fsp3) is 0.381. The largest absolute Gasteiger partial charge is 0.465 e. The third kappa shape index (κ3) is 5.90. The molecule has 140 valence electrons. The summed E-state index contributed by atoms with van der Waals surface area (Å²) in [5.74, 6) is -0.761. The van der Waals surface area contributed by atoms with Gasteiger partial charge >= 0.3 is 12.1 Å². The molecule has 0 atom stereocenters. The van der Waals surface area contributed by atoms with E-state index < -0.39 is 17.7 Å². The Kier molecular flexibility index (Phi) is 7.25. The Morgan fingerprint density at radius 2 is 1.58 bits per heavy atom. The Bertz CT molecular complexity index is 709. The molecule has 26 heavy (non-hydrogen) atoms. The maximum Gasteiger partial charge on any atom is 0.416 e. The van der Waals surface area contributed by atoms with Gasteiger partial charge in [-0.05, 0) is 48.9 Å². The number of halogens is 3. The number of hydrogen-bond acceptors (Lipinski definition) is 2. The van der Waals surface area contributed by atoms with E-state index in [1.165, 1.54) is 17.7 Å². The molecule has 0 aliphatic carbocycles. The first-order chi connectivity index (χ1) is 12.4. The molecule has 2 nitrogen and oxygen atoms in total. The molecule has 0 unspecified atom stereocenters. The van der Waals surface area contributed by atoms with Gasteiger partial charge in [0.25, 0.3) is 0 Å². The van der Waals surface area contributed by atoms with E-state index in [0.717, 1.165) is 38.9 Å². The van der Waals surface area contributed by atoms with Crippen LogP contribution in [0.25, 0.3) is 0 Å². The van der Waals surface area contributed by atoms with Gasteiger partial charge in [-0.15, -0.1) is 0 Å². The molecule has 0 saturated carbocycles. The second kappa shape index (κ2) is 9.41.